The Morgan fingerprint density at radius 2 is 1.93 bits per heavy atom. The van der Waals surface area contributed by atoms with E-state index in [2.05, 4.69) is 4.98 Å². The predicted octanol–water partition coefficient (Wildman–Crippen LogP) is 2.90. The van der Waals surface area contributed by atoms with Crippen molar-refractivity contribution in [3.05, 3.63) is 30.6 Å². The number of hydrogen-bond donors (Lipinski definition) is 1. The molecule has 0 saturated carbocycles. The standard InChI is InChI=1S/C9H7Cl3N2O/c10-9(11,12)8(15)14-5-13-6-3-1-2-4-7(6)14/h1-5,8,15H/t8-/m1/s1. The van der Waals surface area contributed by atoms with Gasteiger partial charge in [-0.25, -0.2) is 4.98 Å². The highest BCUT2D eigenvalue weighted by atomic mass is 35.6. The van der Waals surface area contributed by atoms with Crippen LogP contribution in [0.25, 0.3) is 11.0 Å². The van der Waals surface area contributed by atoms with Crippen LogP contribution in [0.15, 0.2) is 30.6 Å². The minimum absolute atomic E-state index is 0.719. The van der Waals surface area contributed by atoms with Crippen LogP contribution in [-0.2, 0) is 0 Å². The summed E-state index contributed by atoms with van der Waals surface area (Å²) in [7, 11) is 0. The lowest BCUT2D eigenvalue weighted by molar-refractivity contribution is 0.112. The quantitative estimate of drug-likeness (QED) is 0.805. The minimum atomic E-state index is -1.77. The van der Waals surface area contributed by atoms with Gasteiger partial charge in [0.1, 0.15) is 0 Å². The van der Waals surface area contributed by atoms with Crippen LogP contribution < -0.4 is 0 Å². The first kappa shape index (κ1) is 11.0. The number of aliphatic hydroxyl groups excluding tert-OH is 1. The summed E-state index contributed by atoms with van der Waals surface area (Å²) in [4.78, 5) is 4.08. The van der Waals surface area contributed by atoms with Crippen LogP contribution >= 0.6 is 34.8 Å². The average Bonchev–Trinajstić information content (AvgIpc) is 2.58. The Morgan fingerprint density at radius 1 is 1.27 bits per heavy atom. The van der Waals surface area contributed by atoms with Gasteiger partial charge in [-0.3, -0.25) is 4.57 Å². The lowest BCUT2D eigenvalue weighted by Gasteiger charge is -2.20. The topological polar surface area (TPSA) is 38.0 Å². The van der Waals surface area contributed by atoms with Crippen LogP contribution in [0.1, 0.15) is 6.23 Å². The molecule has 0 spiro atoms. The van der Waals surface area contributed by atoms with Gasteiger partial charge in [-0.2, -0.15) is 0 Å². The summed E-state index contributed by atoms with van der Waals surface area (Å²) >= 11 is 16.8. The van der Waals surface area contributed by atoms with Crippen molar-refractivity contribution in [1.82, 2.24) is 9.55 Å². The van der Waals surface area contributed by atoms with Crippen LogP contribution in [0.3, 0.4) is 0 Å². The minimum Gasteiger partial charge on any atom is -0.369 e. The van der Waals surface area contributed by atoms with E-state index < -0.39 is 10.0 Å². The summed E-state index contributed by atoms with van der Waals surface area (Å²) in [5.41, 5.74) is 1.46. The molecule has 1 aromatic heterocycles. The molecule has 3 nitrogen and oxygen atoms in total. The van der Waals surface area contributed by atoms with Crippen molar-refractivity contribution in [2.24, 2.45) is 0 Å². The van der Waals surface area contributed by atoms with E-state index in [0.717, 1.165) is 11.0 Å². The summed E-state index contributed by atoms with van der Waals surface area (Å²) < 4.78 is -0.355. The molecule has 0 amide bonds. The largest absolute Gasteiger partial charge is 0.369 e. The first-order valence-corrected chi connectivity index (χ1v) is 5.30. The average molecular weight is 266 g/mol. The highest BCUT2D eigenvalue weighted by Gasteiger charge is 2.33. The molecule has 0 radical (unpaired) electrons. The molecule has 2 aromatic rings. The number of imidazole rings is 1. The Kier molecular flexibility index (Phi) is 2.81. The molecule has 1 heterocycles. The maximum absolute atomic E-state index is 9.77. The van der Waals surface area contributed by atoms with Gasteiger partial charge in [0.05, 0.1) is 17.4 Å². The number of para-hydroxylation sites is 2. The summed E-state index contributed by atoms with van der Waals surface area (Å²) in [6.45, 7) is 0. The number of hydrogen-bond acceptors (Lipinski definition) is 2. The van der Waals surface area contributed by atoms with E-state index in [1.54, 1.807) is 6.07 Å². The second-order valence-corrected chi connectivity index (χ2v) is 5.42. The van der Waals surface area contributed by atoms with Crippen LogP contribution in [0.2, 0.25) is 0 Å². The van der Waals surface area contributed by atoms with Gasteiger partial charge in [0.25, 0.3) is 0 Å². The van der Waals surface area contributed by atoms with Crippen molar-refractivity contribution in [2.45, 2.75) is 10.0 Å². The van der Waals surface area contributed by atoms with Gasteiger partial charge in [-0.1, -0.05) is 46.9 Å². The van der Waals surface area contributed by atoms with Gasteiger partial charge in [-0.05, 0) is 12.1 Å². The molecule has 15 heavy (non-hydrogen) atoms. The van der Waals surface area contributed by atoms with Crippen LogP contribution in [-0.4, -0.2) is 18.5 Å². The number of halogens is 3. The fourth-order valence-electron chi connectivity index (χ4n) is 1.33. The number of nitrogens with zero attached hydrogens (tertiary/aromatic N) is 2. The van der Waals surface area contributed by atoms with Crippen LogP contribution in [0.4, 0.5) is 0 Å². The van der Waals surface area contributed by atoms with E-state index in [-0.39, 0.29) is 0 Å². The highest BCUT2D eigenvalue weighted by molar-refractivity contribution is 6.67. The zero-order chi connectivity index (χ0) is 11.1. The van der Waals surface area contributed by atoms with Gasteiger partial charge in [-0.15, -0.1) is 0 Å². The second-order valence-electron chi connectivity index (χ2n) is 3.06. The lowest BCUT2D eigenvalue weighted by Crippen LogP contribution is -2.22. The summed E-state index contributed by atoms with van der Waals surface area (Å²) in [5.74, 6) is 0. The molecule has 0 aliphatic heterocycles. The third-order valence-electron chi connectivity index (χ3n) is 2.04. The maximum Gasteiger partial charge on any atom is 0.234 e. The van der Waals surface area contributed by atoms with E-state index >= 15 is 0 Å². The van der Waals surface area contributed by atoms with Crippen molar-refractivity contribution in [3.8, 4) is 0 Å². The molecule has 0 fully saturated rings. The lowest BCUT2D eigenvalue weighted by atomic mass is 10.3. The molecule has 0 bridgehead atoms. The second kappa shape index (κ2) is 3.83. The van der Waals surface area contributed by atoms with Crippen molar-refractivity contribution >= 4 is 45.8 Å². The molecule has 0 aliphatic carbocycles. The van der Waals surface area contributed by atoms with Gasteiger partial charge < -0.3 is 5.11 Å². The van der Waals surface area contributed by atoms with E-state index in [1.807, 2.05) is 18.2 Å². The van der Waals surface area contributed by atoms with Gasteiger partial charge in [0.2, 0.25) is 3.79 Å². The fraction of sp³-hybridized carbons (Fsp3) is 0.222. The summed E-state index contributed by atoms with van der Waals surface area (Å²) in [5, 5.41) is 9.77. The summed E-state index contributed by atoms with van der Waals surface area (Å²) in [6, 6.07) is 7.28. The molecule has 0 saturated heterocycles. The Balaban J connectivity index is 2.53. The van der Waals surface area contributed by atoms with E-state index in [4.69, 9.17) is 34.8 Å². The Hall–Kier alpha value is -0.480. The van der Waals surface area contributed by atoms with Crippen molar-refractivity contribution < 1.29 is 5.11 Å². The van der Waals surface area contributed by atoms with E-state index in [1.165, 1.54) is 10.9 Å². The molecule has 1 atom stereocenters. The Bertz CT molecular complexity index is 477. The number of aromatic nitrogens is 2. The van der Waals surface area contributed by atoms with Crippen LogP contribution in [0, 0.1) is 0 Å². The number of fused-ring (bicyclic) bond motifs is 1. The van der Waals surface area contributed by atoms with Crippen LogP contribution in [0.5, 0.6) is 0 Å². The molecular weight excluding hydrogens is 258 g/mol. The normalized spacial score (nSPS) is 14.4. The molecule has 1 N–H and O–H groups in total. The smallest absolute Gasteiger partial charge is 0.234 e. The molecule has 6 heteroatoms. The number of rotatable bonds is 1. The Labute approximate surface area is 101 Å². The molecule has 2 rings (SSSR count). The molecular formula is C9H7Cl3N2O. The van der Waals surface area contributed by atoms with E-state index in [9.17, 15) is 5.11 Å². The molecule has 0 aliphatic rings. The Morgan fingerprint density at radius 3 is 2.60 bits per heavy atom. The van der Waals surface area contributed by atoms with Gasteiger partial charge >= 0.3 is 0 Å². The van der Waals surface area contributed by atoms with Gasteiger partial charge in [0, 0.05) is 0 Å². The molecule has 1 aromatic carbocycles. The SMILES string of the molecule is O[C@@H](n1cnc2ccccc21)C(Cl)(Cl)Cl. The monoisotopic (exact) mass is 264 g/mol. The summed E-state index contributed by atoms with van der Waals surface area (Å²) in [6.07, 6.45) is 0.187. The van der Waals surface area contributed by atoms with Crippen molar-refractivity contribution in [1.29, 1.82) is 0 Å². The van der Waals surface area contributed by atoms with Crippen molar-refractivity contribution in [2.75, 3.05) is 0 Å². The fourth-order valence-corrected chi connectivity index (χ4v) is 1.65. The number of benzene rings is 1. The molecule has 80 valence electrons. The third kappa shape index (κ3) is 2.06. The number of aliphatic hydroxyl groups is 1. The highest BCUT2D eigenvalue weighted by Crippen LogP contribution is 2.37. The first-order valence-electron chi connectivity index (χ1n) is 4.16. The molecule has 0 unspecified atom stereocenters. The first-order chi connectivity index (χ1) is 7.00. The third-order valence-corrected chi connectivity index (χ3v) is 2.62. The van der Waals surface area contributed by atoms with E-state index in [0.29, 0.717) is 0 Å². The maximum atomic E-state index is 9.77. The van der Waals surface area contributed by atoms with Gasteiger partial charge in [0.15, 0.2) is 6.23 Å². The van der Waals surface area contributed by atoms with Crippen molar-refractivity contribution in [3.63, 3.8) is 0 Å². The predicted molar refractivity (Wildman–Crippen MR) is 61.3 cm³/mol. The zero-order valence-electron chi connectivity index (χ0n) is 7.44. The zero-order valence-corrected chi connectivity index (χ0v) is 9.71. The number of alkyl halides is 3.